The second kappa shape index (κ2) is 5.43. The average Bonchev–Trinajstić information content (AvgIpc) is 2.32. The Morgan fingerprint density at radius 1 is 1.56 bits per heavy atom. The van der Waals surface area contributed by atoms with E-state index in [0.29, 0.717) is 10.3 Å². The quantitative estimate of drug-likeness (QED) is 0.777. The standard InChI is InChI=1S/C10H13Cl2N3S/c1-2-7-6-15(3-4-16-7)9-8(11)5-13-10(12)14-9/h5,7H,2-4,6H2,1H3. The number of anilines is 1. The van der Waals surface area contributed by atoms with Crippen LogP contribution in [0.2, 0.25) is 10.3 Å². The Bertz CT molecular complexity index is 375. The van der Waals surface area contributed by atoms with Crippen LogP contribution in [0.4, 0.5) is 5.82 Å². The topological polar surface area (TPSA) is 29.0 Å². The van der Waals surface area contributed by atoms with Gasteiger partial charge >= 0.3 is 0 Å². The van der Waals surface area contributed by atoms with E-state index in [1.165, 1.54) is 0 Å². The molecule has 16 heavy (non-hydrogen) atoms. The zero-order valence-corrected chi connectivity index (χ0v) is 11.3. The molecular weight excluding hydrogens is 265 g/mol. The monoisotopic (exact) mass is 277 g/mol. The first-order chi connectivity index (χ1) is 7.70. The molecule has 0 N–H and O–H groups in total. The van der Waals surface area contributed by atoms with Crippen molar-refractivity contribution in [2.75, 3.05) is 23.7 Å². The Morgan fingerprint density at radius 2 is 2.38 bits per heavy atom. The maximum atomic E-state index is 6.09. The lowest BCUT2D eigenvalue weighted by Crippen LogP contribution is -2.38. The van der Waals surface area contributed by atoms with Crippen molar-refractivity contribution >= 4 is 40.8 Å². The van der Waals surface area contributed by atoms with Crippen LogP contribution in [0.15, 0.2) is 6.20 Å². The largest absolute Gasteiger partial charge is 0.353 e. The summed E-state index contributed by atoms with van der Waals surface area (Å²) < 4.78 is 0. The van der Waals surface area contributed by atoms with E-state index in [4.69, 9.17) is 23.2 Å². The predicted molar refractivity (Wildman–Crippen MR) is 70.8 cm³/mol. The highest BCUT2D eigenvalue weighted by Crippen LogP contribution is 2.29. The van der Waals surface area contributed by atoms with Gasteiger partial charge in [0.15, 0.2) is 5.82 Å². The fourth-order valence-corrected chi connectivity index (χ4v) is 3.24. The average molecular weight is 278 g/mol. The number of halogens is 2. The number of hydrogen-bond acceptors (Lipinski definition) is 4. The summed E-state index contributed by atoms with van der Waals surface area (Å²) in [6, 6.07) is 0. The zero-order valence-electron chi connectivity index (χ0n) is 8.99. The molecule has 1 atom stereocenters. The highest BCUT2D eigenvalue weighted by molar-refractivity contribution is 8.00. The van der Waals surface area contributed by atoms with Gasteiger partial charge in [-0.25, -0.2) is 4.98 Å². The van der Waals surface area contributed by atoms with E-state index in [0.717, 1.165) is 31.1 Å². The highest BCUT2D eigenvalue weighted by Gasteiger charge is 2.22. The predicted octanol–water partition coefficient (Wildman–Crippen LogP) is 3.12. The Labute approximate surface area is 110 Å². The summed E-state index contributed by atoms with van der Waals surface area (Å²) in [5.74, 6) is 1.87. The van der Waals surface area contributed by atoms with E-state index >= 15 is 0 Å². The molecule has 3 nitrogen and oxygen atoms in total. The van der Waals surface area contributed by atoms with Gasteiger partial charge in [0.25, 0.3) is 0 Å². The highest BCUT2D eigenvalue weighted by atomic mass is 35.5. The number of thioether (sulfide) groups is 1. The fourth-order valence-electron chi connectivity index (χ4n) is 1.72. The van der Waals surface area contributed by atoms with E-state index in [1.807, 2.05) is 11.8 Å². The van der Waals surface area contributed by atoms with Gasteiger partial charge in [-0.05, 0) is 18.0 Å². The SMILES string of the molecule is CCC1CN(c2nc(Cl)ncc2Cl)CCS1. The normalized spacial score (nSPS) is 21.2. The minimum atomic E-state index is 0.255. The minimum Gasteiger partial charge on any atom is -0.353 e. The van der Waals surface area contributed by atoms with Crippen molar-refractivity contribution in [3.63, 3.8) is 0 Å². The summed E-state index contributed by atoms with van der Waals surface area (Å²) in [7, 11) is 0. The third-order valence-corrected chi connectivity index (χ3v) is 4.41. The molecule has 88 valence electrons. The van der Waals surface area contributed by atoms with Crippen molar-refractivity contribution in [3.8, 4) is 0 Å². The summed E-state index contributed by atoms with van der Waals surface area (Å²) in [6.45, 7) is 4.15. The van der Waals surface area contributed by atoms with Gasteiger partial charge in [0.2, 0.25) is 5.28 Å². The van der Waals surface area contributed by atoms with Crippen LogP contribution in [0.1, 0.15) is 13.3 Å². The smallest absolute Gasteiger partial charge is 0.224 e. The first-order valence-electron chi connectivity index (χ1n) is 5.25. The lowest BCUT2D eigenvalue weighted by Gasteiger charge is -2.33. The van der Waals surface area contributed by atoms with E-state index < -0.39 is 0 Å². The van der Waals surface area contributed by atoms with Crippen LogP contribution in [0.5, 0.6) is 0 Å². The Hall–Kier alpha value is -0.190. The maximum Gasteiger partial charge on any atom is 0.224 e. The van der Waals surface area contributed by atoms with Gasteiger partial charge in [0.05, 0.1) is 6.20 Å². The van der Waals surface area contributed by atoms with Crippen LogP contribution >= 0.6 is 35.0 Å². The van der Waals surface area contributed by atoms with Gasteiger partial charge in [0, 0.05) is 24.1 Å². The molecule has 1 aromatic rings. The molecule has 1 fully saturated rings. The molecule has 2 heterocycles. The Kier molecular flexibility index (Phi) is 4.16. The molecule has 0 bridgehead atoms. The molecule has 0 aliphatic carbocycles. The summed E-state index contributed by atoms with van der Waals surface area (Å²) in [5.41, 5.74) is 0. The van der Waals surface area contributed by atoms with Gasteiger partial charge in [-0.3, -0.25) is 0 Å². The summed E-state index contributed by atoms with van der Waals surface area (Å²) in [4.78, 5) is 10.3. The Morgan fingerprint density at radius 3 is 3.12 bits per heavy atom. The number of rotatable bonds is 2. The molecule has 6 heteroatoms. The molecule has 0 spiro atoms. The van der Waals surface area contributed by atoms with Gasteiger partial charge < -0.3 is 4.90 Å². The first-order valence-corrected chi connectivity index (χ1v) is 7.05. The van der Waals surface area contributed by atoms with Crippen molar-refractivity contribution in [2.45, 2.75) is 18.6 Å². The first kappa shape index (κ1) is 12.3. The van der Waals surface area contributed by atoms with E-state index in [2.05, 4.69) is 21.8 Å². The lowest BCUT2D eigenvalue weighted by atomic mass is 10.3. The molecule has 0 saturated carbocycles. The molecule has 0 aromatic carbocycles. The van der Waals surface area contributed by atoms with Crippen molar-refractivity contribution in [2.24, 2.45) is 0 Å². The molecule has 0 amide bonds. The van der Waals surface area contributed by atoms with E-state index in [-0.39, 0.29) is 5.28 Å². The van der Waals surface area contributed by atoms with Crippen molar-refractivity contribution < 1.29 is 0 Å². The Balaban J connectivity index is 2.19. The molecule has 1 aromatic heterocycles. The maximum absolute atomic E-state index is 6.09. The number of hydrogen-bond donors (Lipinski definition) is 0. The second-order valence-corrected chi connectivity index (χ2v) is 5.81. The van der Waals surface area contributed by atoms with Crippen LogP contribution < -0.4 is 4.90 Å². The van der Waals surface area contributed by atoms with Gasteiger partial charge in [-0.15, -0.1) is 0 Å². The van der Waals surface area contributed by atoms with Crippen LogP contribution in [-0.2, 0) is 0 Å². The minimum absolute atomic E-state index is 0.255. The zero-order chi connectivity index (χ0) is 11.5. The molecule has 0 radical (unpaired) electrons. The van der Waals surface area contributed by atoms with Gasteiger partial charge in [-0.2, -0.15) is 16.7 Å². The van der Waals surface area contributed by atoms with E-state index in [9.17, 15) is 0 Å². The van der Waals surface area contributed by atoms with Crippen LogP contribution in [-0.4, -0.2) is 34.1 Å². The van der Waals surface area contributed by atoms with Gasteiger partial charge in [-0.1, -0.05) is 18.5 Å². The molecule has 1 unspecified atom stereocenters. The van der Waals surface area contributed by atoms with Gasteiger partial charge in [0.1, 0.15) is 5.02 Å². The van der Waals surface area contributed by atoms with Crippen molar-refractivity contribution in [1.82, 2.24) is 9.97 Å². The number of aromatic nitrogens is 2. The molecular formula is C10H13Cl2N3S. The van der Waals surface area contributed by atoms with E-state index in [1.54, 1.807) is 6.20 Å². The third-order valence-electron chi connectivity index (χ3n) is 2.59. The van der Waals surface area contributed by atoms with Crippen LogP contribution in [0.3, 0.4) is 0 Å². The third kappa shape index (κ3) is 2.73. The summed E-state index contributed by atoms with van der Waals surface area (Å²) in [6.07, 6.45) is 2.73. The molecule has 1 aliphatic heterocycles. The number of nitrogens with zero attached hydrogens (tertiary/aromatic N) is 3. The van der Waals surface area contributed by atoms with Crippen LogP contribution in [0, 0.1) is 0 Å². The second-order valence-electron chi connectivity index (χ2n) is 3.66. The molecule has 2 rings (SSSR count). The summed E-state index contributed by atoms with van der Waals surface area (Å²) >= 11 is 13.9. The molecule has 1 saturated heterocycles. The van der Waals surface area contributed by atoms with Crippen molar-refractivity contribution in [3.05, 3.63) is 16.5 Å². The lowest BCUT2D eigenvalue weighted by molar-refractivity contribution is 0.719. The van der Waals surface area contributed by atoms with Crippen LogP contribution in [0.25, 0.3) is 0 Å². The van der Waals surface area contributed by atoms with Crippen molar-refractivity contribution in [1.29, 1.82) is 0 Å². The molecule has 1 aliphatic rings. The fraction of sp³-hybridized carbons (Fsp3) is 0.600. The summed E-state index contributed by atoms with van der Waals surface area (Å²) in [5, 5.41) is 1.48.